The fourth-order valence-electron chi connectivity index (χ4n) is 3.43. The molecule has 5 rings (SSSR count). The van der Waals surface area contributed by atoms with Gasteiger partial charge in [-0.15, -0.1) is 0 Å². The standard InChI is InChI=1S/C23H13ClF3N5OS/c24-15-4-1-2-7-18(15)32-19(12-20(29-32)23(25,26)27)13-8-10-14(11-9-13)22(33)28-16-5-3-6-17-21(16)31-34-30-17/h1-12H,(H,28,33). The Balaban J connectivity index is 1.48. The minimum atomic E-state index is -4.63. The first-order chi connectivity index (χ1) is 16.3. The lowest BCUT2D eigenvalue weighted by Crippen LogP contribution is -2.12. The summed E-state index contributed by atoms with van der Waals surface area (Å²) in [5, 5.41) is 6.79. The second kappa shape index (κ2) is 8.54. The minimum absolute atomic E-state index is 0.186. The third-order valence-electron chi connectivity index (χ3n) is 5.06. The molecule has 0 fully saturated rings. The van der Waals surface area contributed by atoms with E-state index < -0.39 is 11.9 Å². The maximum Gasteiger partial charge on any atom is 0.435 e. The van der Waals surface area contributed by atoms with E-state index in [1.165, 1.54) is 12.1 Å². The highest BCUT2D eigenvalue weighted by molar-refractivity contribution is 7.00. The molecular weight excluding hydrogens is 487 g/mol. The first kappa shape index (κ1) is 22.1. The Kier molecular flexibility index (Phi) is 5.54. The Morgan fingerprint density at radius 1 is 0.971 bits per heavy atom. The molecule has 0 aliphatic heterocycles. The van der Waals surface area contributed by atoms with E-state index in [9.17, 15) is 18.0 Å². The summed E-state index contributed by atoms with van der Waals surface area (Å²) in [7, 11) is 0. The second-order valence-corrected chi connectivity index (χ2v) is 8.18. The monoisotopic (exact) mass is 499 g/mol. The van der Waals surface area contributed by atoms with E-state index in [-0.39, 0.29) is 16.6 Å². The van der Waals surface area contributed by atoms with Gasteiger partial charge >= 0.3 is 6.18 Å². The maximum absolute atomic E-state index is 13.4. The zero-order valence-electron chi connectivity index (χ0n) is 17.0. The first-order valence-electron chi connectivity index (χ1n) is 9.86. The van der Waals surface area contributed by atoms with E-state index in [4.69, 9.17) is 11.6 Å². The number of anilines is 1. The number of nitrogens with zero attached hydrogens (tertiary/aromatic N) is 4. The molecule has 5 aromatic rings. The van der Waals surface area contributed by atoms with E-state index in [1.807, 2.05) is 0 Å². The Bertz CT molecular complexity index is 1510. The largest absolute Gasteiger partial charge is 0.435 e. The predicted molar refractivity (Wildman–Crippen MR) is 124 cm³/mol. The van der Waals surface area contributed by atoms with Gasteiger partial charge in [-0.1, -0.05) is 41.9 Å². The minimum Gasteiger partial charge on any atom is -0.320 e. The van der Waals surface area contributed by atoms with Crippen molar-refractivity contribution in [2.45, 2.75) is 6.18 Å². The van der Waals surface area contributed by atoms with Crippen molar-refractivity contribution in [1.29, 1.82) is 0 Å². The maximum atomic E-state index is 13.4. The number of para-hydroxylation sites is 1. The lowest BCUT2D eigenvalue weighted by Gasteiger charge is -2.10. The van der Waals surface area contributed by atoms with Crippen LogP contribution < -0.4 is 5.32 Å². The number of benzene rings is 3. The summed E-state index contributed by atoms with van der Waals surface area (Å²) in [6.45, 7) is 0. The van der Waals surface area contributed by atoms with Gasteiger partial charge in [0.15, 0.2) is 5.69 Å². The SMILES string of the molecule is O=C(Nc1cccc2nsnc12)c1ccc(-c2cc(C(F)(F)F)nn2-c2ccccc2Cl)cc1. The van der Waals surface area contributed by atoms with Crippen molar-refractivity contribution in [1.82, 2.24) is 18.5 Å². The van der Waals surface area contributed by atoms with Gasteiger partial charge in [0.05, 0.1) is 33.8 Å². The van der Waals surface area contributed by atoms with Crippen LogP contribution in [0.4, 0.5) is 18.9 Å². The van der Waals surface area contributed by atoms with Crippen molar-refractivity contribution < 1.29 is 18.0 Å². The third-order valence-corrected chi connectivity index (χ3v) is 5.92. The van der Waals surface area contributed by atoms with Gasteiger partial charge in [-0.05, 0) is 42.5 Å². The van der Waals surface area contributed by atoms with Crippen molar-refractivity contribution in [2.75, 3.05) is 5.32 Å². The molecule has 2 aromatic heterocycles. The number of halogens is 4. The number of hydrogen-bond acceptors (Lipinski definition) is 5. The summed E-state index contributed by atoms with van der Waals surface area (Å²) in [6, 6.07) is 18.9. The molecule has 0 bridgehead atoms. The van der Waals surface area contributed by atoms with Crippen LogP contribution in [0.1, 0.15) is 16.1 Å². The van der Waals surface area contributed by atoms with E-state index in [2.05, 4.69) is 19.2 Å². The molecule has 2 heterocycles. The van der Waals surface area contributed by atoms with Gasteiger partial charge in [0, 0.05) is 11.1 Å². The molecule has 0 radical (unpaired) electrons. The molecule has 1 N–H and O–H groups in total. The summed E-state index contributed by atoms with van der Waals surface area (Å²) >= 11 is 7.26. The molecule has 0 unspecified atom stereocenters. The molecule has 1 amide bonds. The summed E-state index contributed by atoms with van der Waals surface area (Å²) in [6.07, 6.45) is -4.63. The zero-order valence-corrected chi connectivity index (χ0v) is 18.6. The van der Waals surface area contributed by atoms with Gasteiger partial charge in [-0.2, -0.15) is 27.0 Å². The molecule has 0 aliphatic rings. The van der Waals surface area contributed by atoms with Gasteiger partial charge in [0.2, 0.25) is 0 Å². The van der Waals surface area contributed by atoms with Crippen molar-refractivity contribution in [2.24, 2.45) is 0 Å². The topological polar surface area (TPSA) is 72.7 Å². The Labute approximate surface area is 199 Å². The normalized spacial score (nSPS) is 11.6. The van der Waals surface area contributed by atoms with E-state index in [1.54, 1.807) is 54.6 Å². The van der Waals surface area contributed by atoms with Crippen LogP contribution in [0.5, 0.6) is 0 Å². The quantitative estimate of drug-likeness (QED) is 0.307. The van der Waals surface area contributed by atoms with Crippen molar-refractivity contribution >= 4 is 46.0 Å². The van der Waals surface area contributed by atoms with Gasteiger partial charge in [0.25, 0.3) is 5.91 Å². The van der Waals surface area contributed by atoms with Crippen LogP contribution in [0.2, 0.25) is 5.02 Å². The third kappa shape index (κ3) is 4.13. The number of amides is 1. The summed E-state index contributed by atoms with van der Waals surface area (Å²) < 4.78 is 49.7. The van der Waals surface area contributed by atoms with Crippen LogP contribution in [0.3, 0.4) is 0 Å². The van der Waals surface area contributed by atoms with Crippen molar-refractivity contribution in [3.8, 4) is 16.9 Å². The van der Waals surface area contributed by atoms with Crippen LogP contribution in [0, 0.1) is 0 Å². The average Bonchev–Trinajstić information content (AvgIpc) is 3.47. The molecule has 3 aromatic carbocycles. The second-order valence-electron chi connectivity index (χ2n) is 7.24. The Morgan fingerprint density at radius 3 is 2.47 bits per heavy atom. The highest BCUT2D eigenvalue weighted by atomic mass is 35.5. The van der Waals surface area contributed by atoms with Crippen LogP contribution in [-0.4, -0.2) is 24.4 Å². The predicted octanol–water partition coefficient (Wildman–Crippen LogP) is 6.47. The number of carbonyl (C=O) groups excluding carboxylic acids is 1. The zero-order chi connectivity index (χ0) is 23.9. The Morgan fingerprint density at radius 2 is 1.74 bits per heavy atom. The molecule has 170 valence electrons. The van der Waals surface area contributed by atoms with Gasteiger partial charge in [0.1, 0.15) is 11.0 Å². The number of rotatable bonds is 4. The molecule has 6 nitrogen and oxygen atoms in total. The lowest BCUT2D eigenvalue weighted by atomic mass is 10.1. The van der Waals surface area contributed by atoms with E-state index >= 15 is 0 Å². The van der Waals surface area contributed by atoms with Gasteiger partial charge in [-0.25, -0.2) is 4.68 Å². The fourth-order valence-corrected chi connectivity index (χ4v) is 4.19. The lowest BCUT2D eigenvalue weighted by molar-refractivity contribution is -0.141. The Hall–Kier alpha value is -3.76. The summed E-state index contributed by atoms with van der Waals surface area (Å²) in [4.78, 5) is 12.8. The number of fused-ring (bicyclic) bond motifs is 1. The summed E-state index contributed by atoms with van der Waals surface area (Å²) in [5.74, 6) is -0.386. The number of aromatic nitrogens is 4. The molecule has 0 aliphatic carbocycles. The fraction of sp³-hybridized carbons (Fsp3) is 0.0435. The highest BCUT2D eigenvalue weighted by Crippen LogP contribution is 2.34. The molecule has 0 atom stereocenters. The van der Waals surface area contributed by atoms with Crippen LogP contribution in [0.25, 0.3) is 28.0 Å². The van der Waals surface area contributed by atoms with Crippen molar-refractivity contribution in [3.63, 3.8) is 0 Å². The molecular formula is C23H13ClF3N5OS. The van der Waals surface area contributed by atoms with E-state index in [0.717, 1.165) is 22.5 Å². The molecule has 34 heavy (non-hydrogen) atoms. The number of hydrogen-bond donors (Lipinski definition) is 1. The van der Waals surface area contributed by atoms with Gasteiger partial charge < -0.3 is 5.32 Å². The number of nitrogens with one attached hydrogen (secondary N) is 1. The molecule has 0 saturated heterocycles. The van der Waals surface area contributed by atoms with Crippen molar-refractivity contribution in [3.05, 3.63) is 89.1 Å². The van der Waals surface area contributed by atoms with Crippen LogP contribution >= 0.6 is 23.3 Å². The molecule has 0 spiro atoms. The smallest absolute Gasteiger partial charge is 0.320 e. The average molecular weight is 500 g/mol. The highest BCUT2D eigenvalue weighted by Gasteiger charge is 2.35. The van der Waals surface area contributed by atoms with Crippen LogP contribution in [0.15, 0.2) is 72.8 Å². The molecule has 11 heteroatoms. The number of carbonyl (C=O) groups is 1. The summed E-state index contributed by atoms with van der Waals surface area (Å²) in [5.41, 5.74) is 1.98. The van der Waals surface area contributed by atoms with Crippen LogP contribution in [-0.2, 0) is 6.18 Å². The first-order valence-corrected chi connectivity index (χ1v) is 11.0. The number of alkyl halides is 3. The van der Waals surface area contributed by atoms with E-state index in [0.29, 0.717) is 33.5 Å². The van der Waals surface area contributed by atoms with Gasteiger partial charge in [-0.3, -0.25) is 4.79 Å². The molecule has 0 saturated carbocycles.